The average molecular weight is 374 g/mol. The normalized spacial score (nSPS) is 10.1. The van der Waals surface area contributed by atoms with Crippen molar-refractivity contribution in [1.29, 1.82) is 0 Å². The highest BCUT2D eigenvalue weighted by Crippen LogP contribution is 2.25. The highest BCUT2D eigenvalue weighted by molar-refractivity contribution is 6.00. The molecule has 0 heterocycles. The molecule has 0 spiro atoms. The Labute approximate surface area is 152 Å². The molecule has 0 aliphatic heterocycles. The molecule has 0 amide bonds. The third-order valence-corrected chi connectivity index (χ3v) is 3.43. The molecule has 0 N–H and O–H groups in total. The van der Waals surface area contributed by atoms with Crippen molar-refractivity contribution >= 4 is 23.1 Å². The van der Waals surface area contributed by atoms with Gasteiger partial charge in [0.15, 0.2) is 12.4 Å². The second kappa shape index (κ2) is 8.52. The van der Waals surface area contributed by atoms with E-state index in [1.807, 2.05) is 6.92 Å². The fraction of sp³-hybridized carbons (Fsp3) is 0.176. The molecule has 2 rings (SSSR count). The van der Waals surface area contributed by atoms with Crippen molar-refractivity contribution in [2.75, 3.05) is 13.2 Å². The van der Waals surface area contributed by atoms with Gasteiger partial charge in [0.05, 0.1) is 22.5 Å². The lowest BCUT2D eigenvalue weighted by Gasteiger charge is -2.06. The highest BCUT2D eigenvalue weighted by Gasteiger charge is 2.25. The Bertz CT molecular complexity index is 892. The Hall–Kier alpha value is -3.82. The summed E-state index contributed by atoms with van der Waals surface area (Å²) in [5, 5.41) is 21.7. The van der Waals surface area contributed by atoms with Crippen LogP contribution in [0, 0.1) is 20.2 Å². The molecule has 0 atom stereocenters. The van der Waals surface area contributed by atoms with Gasteiger partial charge < -0.3 is 9.47 Å². The number of carbonyl (C=O) groups is 2. The van der Waals surface area contributed by atoms with Crippen LogP contribution in [-0.2, 0) is 4.74 Å². The Morgan fingerprint density at radius 2 is 1.67 bits per heavy atom. The number of esters is 1. The number of carbonyl (C=O) groups excluding carboxylic acids is 2. The van der Waals surface area contributed by atoms with Gasteiger partial charge in [-0.1, -0.05) is 0 Å². The van der Waals surface area contributed by atoms with Gasteiger partial charge in [0.1, 0.15) is 11.3 Å². The maximum absolute atomic E-state index is 12.1. The molecule has 10 heteroatoms. The summed E-state index contributed by atoms with van der Waals surface area (Å²) in [5.74, 6) is -1.07. The Morgan fingerprint density at radius 1 is 1.00 bits per heavy atom. The zero-order valence-electron chi connectivity index (χ0n) is 14.1. The Morgan fingerprint density at radius 3 is 2.22 bits per heavy atom. The number of Topliss-reactive ketones (excluding diaryl/α,β-unsaturated/α-hetero) is 1. The van der Waals surface area contributed by atoms with Crippen molar-refractivity contribution in [1.82, 2.24) is 0 Å². The smallest absolute Gasteiger partial charge is 0.345 e. The van der Waals surface area contributed by atoms with Crippen LogP contribution in [0.2, 0.25) is 0 Å². The minimum atomic E-state index is -1.13. The van der Waals surface area contributed by atoms with E-state index in [1.165, 1.54) is 12.1 Å². The van der Waals surface area contributed by atoms with E-state index in [1.54, 1.807) is 12.1 Å². The van der Waals surface area contributed by atoms with Gasteiger partial charge in [-0.05, 0) is 37.3 Å². The Kier molecular flexibility index (Phi) is 6.15. The SMILES string of the molecule is CCOc1ccc(C(=O)COC(=O)c2ccc([N+](=O)[O-])cc2[N+](=O)[O-])cc1. The summed E-state index contributed by atoms with van der Waals surface area (Å²) in [7, 11) is 0. The standard InChI is InChI=1S/C17H14N2O8/c1-2-26-13-6-3-11(4-7-13)16(20)10-27-17(21)14-8-5-12(18(22)23)9-15(14)19(24)25/h3-9H,2,10H2,1H3. The molecule has 2 aromatic rings. The molecule has 0 fully saturated rings. The summed E-state index contributed by atoms with van der Waals surface area (Å²) in [6.45, 7) is 1.65. The van der Waals surface area contributed by atoms with E-state index in [0.717, 1.165) is 12.1 Å². The maximum atomic E-state index is 12.1. The van der Waals surface area contributed by atoms with Crippen molar-refractivity contribution in [3.8, 4) is 5.75 Å². The summed E-state index contributed by atoms with van der Waals surface area (Å²) in [4.78, 5) is 44.1. The van der Waals surface area contributed by atoms with Crippen molar-refractivity contribution in [3.63, 3.8) is 0 Å². The second-order valence-electron chi connectivity index (χ2n) is 5.17. The van der Waals surface area contributed by atoms with Crippen LogP contribution in [0.4, 0.5) is 11.4 Å². The van der Waals surface area contributed by atoms with Crippen LogP contribution in [0.3, 0.4) is 0 Å². The molecule has 0 saturated heterocycles. The molecule has 140 valence electrons. The van der Waals surface area contributed by atoms with Crippen LogP contribution < -0.4 is 4.74 Å². The third kappa shape index (κ3) is 4.84. The summed E-state index contributed by atoms with van der Waals surface area (Å²) >= 11 is 0. The molecule has 0 aromatic heterocycles. The van der Waals surface area contributed by atoms with E-state index in [9.17, 15) is 29.8 Å². The lowest BCUT2D eigenvalue weighted by molar-refractivity contribution is -0.394. The van der Waals surface area contributed by atoms with Gasteiger partial charge in [0.25, 0.3) is 11.4 Å². The van der Waals surface area contributed by atoms with Crippen LogP contribution in [0.15, 0.2) is 42.5 Å². The number of non-ortho nitro benzene ring substituents is 1. The molecule has 0 unspecified atom stereocenters. The van der Waals surface area contributed by atoms with Crippen molar-refractivity contribution in [3.05, 3.63) is 73.8 Å². The minimum absolute atomic E-state index is 0.268. The third-order valence-electron chi connectivity index (χ3n) is 3.43. The van der Waals surface area contributed by atoms with Crippen LogP contribution in [0.25, 0.3) is 0 Å². The number of ketones is 1. The van der Waals surface area contributed by atoms with Crippen LogP contribution in [0.5, 0.6) is 5.75 Å². The second-order valence-corrected chi connectivity index (χ2v) is 5.17. The fourth-order valence-corrected chi connectivity index (χ4v) is 2.15. The zero-order chi connectivity index (χ0) is 20.0. The predicted molar refractivity (Wildman–Crippen MR) is 92.0 cm³/mol. The maximum Gasteiger partial charge on any atom is 0.345 e. The van der Waals surface area contributed by atoms with Gasteiger partial charge in [-0.2, -0.15) is 0 Å². The molecule has 0 aliphatic carbocycles. The van der Waals surface area contributed by atoms with E-state index in [2.05, 4.69) is 0 Å². The molecule has 10 nitrogen and oxygen atoms in total. The summed E-state index contributed by atoms with van der Waals surface area (Å²) in [5.41, 5.74) is -1.53. The monoisotopic (exact) mass is 374 g/mol. The zero-order valence-corrected chi connectivity index (χ0v) is 14.1. The topological polar surface area (TPSA) is 139 Å². The van der Waals surface area contributed by atoms with Crippen LogP contribution in [-0.4, -0.2) is 34.8 Å². The molecule has 0 bridgehead atoms. The highest BCUT2D eigenvalue weighted by atomic mass is 16.6. The predicted octanol–water partition coefficient (Wildman–Crippen LogP) is 2.94. The first-order valence-corrected chi connectivity index (χ1v) is 7.69. The number of nitro benzene ring substituents is 2. The number of nitro groups is 2. The van der Waals surface area contributed by atoms with Crippen LogP contribution >= 0.6 is 0 Å². The number of nitrogens with zero attached hydrogens (tertiary/aromatic N) is 2. The van der Waals surface area contributed by atoms with E-state index in [4.69, 9.17) is 9.47 Å². The first-order chi connectivity index (χ1) is 12.8. The summed E-state index contributed by atoms with van der Waals surface area (Å²) < 4.78 is 10.1. The van der Waals surface area contributed by atoms with E-state index >= 15 is 0 Å². The number of hydrogen-bond acceptors (Lipinski definition) is 8. The first kappa shape index (κ1) is 19.5. The molecule has 27 heavy (non-hydrogen) atoms. The van der Waals surface area contributed by atoms with Gasteiger partial charge in [0, 0.05) is 11.6 Å². The van der Waals surface area contributed by atoms with Gasteiger partial charge in [0.2, 0.25) is 0 Å². The van der Waals surface area contributed by atoms with Crippen molar-refractivity contribution < 1.29 is 28.9 Å². The number of ether oxygens (including phenoxy) is 2. The molecule has 2 aromatic carbocycles. The molecule has 0 saturated carbocycles. The lowest BCUT2D eigenvalue weighted by atomic mass is 10.1. The summed E-state index contributed by atoms with van der Waals surface area (Å²) in [6, 6.07) is 8.67. The molecule has 0 aliphatic rings. The first-order valence-electron chi connectivity index (χ1n) is 7.69. The molecular weight excluding hydrogens is 360 g/mol. The van der Waals surface area contributed by atoms with Gasteiger partial charge in [-0.15, -0.1) is 0 Å². The summed E-state index contributed by atoms with van der Waals surface area (Å²) in [6.07, 6.45) is 0. The molecule has 0 radical (unpaired) electrons. The largest absolute Gasteiger partial charge is 0.494 e. The van der Waals surface area contributed by atoms with Crippen LogP contribution in [0.1, 0.15) is 27.6 Å². The number of rotatable bonds is 8. The van der Waals surface area contributed by atoms with Gasteiger partial charge >= 0.3 is 5.97 Å². The van der Waals surface area contributed by atoms with Gasteiger partial charge in [-0.3, -0.25) is 25.0 Å². The van der Waals surface area contributed by atoms with Crippen molar-refractivity contribution in [2.45, 2.75) is 6.92 Å². The number of hydrogen-bond donors (Lipinski definition) is 0. The Balaban J connectivity index is 2.09. The van der Waals surface area contributed by atoms with E-state index in [0.29, 0.717) is 18.4 Å². The average Bonchev–Trinajstić information content (AvgIpc) is 2.66. The number of benzene rings is 2. The fourth-order valence-electron chi connectivity index (χ4n) is 2.15. The van der Waals surface area contributed by atoms with Gasteiger partial charge in [-0.25, -0.2) is 4.79 Å². The van der Waals surface area contributed by atoms with Crippen molar-refractivity contribution in [2.24, 2.45) is 0 Å². The van der Waals surface area contributed by atoms with E-state index in [-0.39, 0.29) is 5.56 Å². The quantitative estimate of drug-likeness (QED) is 0.297. The minimum Gasteiger partial charge on any atom is -0.494 e. The van der Waals surface area contributed by atoms with E-state index < -0.39 is 45.1 Å². The lowest BCUT2D eigenvalue weighted by Crippen LogP contribution is -2.15. The molecular formula is C17H14N2O8.